The van der Waals surface area contributed by atoms with E-state index in [4.69, 9.17) is 9.47 Å². The predicted octanol–water partition coefficient (Wildman–Crippen LogP) is 4.85. The average Bonchev–Trinajstić information content (AvgIpc) is 2.81. The van der Waals surface area contributed by atoms with Gasteiger partial charge in [0, 0.05) is 17.0 Å². The Kier molecular flexibility index (Phi) is 5.71. The molecule has 0 fully saturated rings. The van der Waals surface area contributed by atoms with E-state index >= 15 is 0 Å². The maximum absolute atomic E-state index is 13.2. The van der Waals surface area contributed by atoms with Crippen molar-refractivity contribution in [1.29, 1.82) is 0 Å². The Morgan fingerprint density at radius 3 is 2.23 bits per heavy atom. The van der Waals surface area contributed by atoms with E-state index in [2.05, 4.69) is 4.99 Å². The van der Waals surface area contributed by atoms with E-state index in [1.165, 1.54) is 4.57 Å². The zero-order valence-corrected chi connectivity index (χ0v) is 17.3. The Labute approximate surface area is 179 Å². The molecule has 1 N–H and O–H groups in total. The number of aliphatic imine (C=N–C) groups is 1. The molecule has 6 nitrogen and oxygen atoms in total. The molecule has 1 heterocycles. The molecule has 0 saturated heterocycles. The molecule has 6 heteroatoms. The van der Waals surface area contributed by atoms with E-state index in [1.54, 1.807) is 55.8 Å². The summed E-state index contributed by atoms with van der Waals surface area (Å²) in [7, 11) is 1.60. The van der Waals surface area contributed by atoms with Gasteiger partial charge in [0.05, 0.1) is 30.7 Å². The van der Waals surface area contributed by atoms with Crippen LogP contribution >= 0.6 is 0 Å². The standard InChI is InChI=1S/C25H22N2O4/c1-3-31-20-14-10-18(11-15-20)27-24(28)22-7-5-4-6-21(22)23(25(27)29)16-26-17-8-12-19(30-2)13-9-17/h4-16,29H,3H2,1-2H3. The van der Waals surface area contributed by atoms with Crippen LogP contribution in [0.1, 0.15) is 12.5 Å². The Bertz CT molecular complexity index is 1290. The first-order chi connectivity index (χ1) is 15.1. The van der Waals surface area contributed by atoms with Gasteiger partial charge in [0.25, 0.3) is 5.56 Å². The van der Waals surface area contributed by atoms with Crippen molar-refractivity contribution in [1.82, 2.24) is 4.57 Å². The monoisotopic (exact) mass is 414 g/mol. The van der Waals surface area contributed by atoms with Crippen molar-refractivity contribution in [3.8, 4) is 23.1 Å². The summed E-state index contributed by atoms with van der Waals surface area (Å²) < 4.78 is 11.9. The van der Waals surface area contributed by atoms with Gasteiger partial charge in [-0.05, 0) is 61.5 Å². The van der Waals surface area contributed by atoms with Crippen LogP contribution in [-0.2, 0) is 0 Å². The van der Waals surface area contributed by atoms with Gasteiger partial charge in [-0.2, -0.15) is 0 Å². The Balaban J connectivity index is 1.86. The largest absolute Gasteiger partial charge is 0.497 e. The smallest absolute Gasteiger partial charge is 0.265 e. The average molecular weight is 414 g/mol. The Morgan fingerprint density at radius 1 is 0.935 bits per heavy atom. The molecule has 3 aromatic carbocycles. The van der Waals surface area contributed by atoms with Crippen LogP contribution in [0.4, 0.5) is 5.69 Å². The minimum absolute atomic E-state index is 0.176. The second-order valence-corrected chi connectivity index (χ2v) is 6.81. The van der Waals surface area contributed by atoms with Crippen molar-refractivity contribution in [3.63, 3.8) is 0 Å². The van der Waals surface area contributed by atoms with Gasteiger partial charge in [0.1, 0.15) is 11.5 Å². The normalized spacial score (nSPS) is 11.2. The van der Waals surface area contributed by atoms with E-state index in [-0.39, 0.29) is 11.4 Å². The van der Waals surface area contributed by atoms with Crippen LogP contribution in [0, 0.1) is 0 Å². The number of ether oxygens (including phenoxy) is 2. The van der Waals surface area contributed by atoms with Crippen molar-refractivity contribution in [2.45, 2.75) is 6.92 Å². The number of hydrogen-bond acceptors (Lipinski definition) is 5. The number of aromatic nitrogens is 1. The molecule has 0 atom stereocenters. The van der Waals surface area contributed by atoms with Crippen LogP contribution in [0.15, 0.2) is 82.6 Å². The van der Waals surface area contributed by atoms with E-state index in [9.17, 15) is 9.90 Å². The van der Waals surface area contributed by atoms with Gasteiger partial charge in [-0.25, -0.2) is 4.57 Å². The van der Waals surface area contributed by atoms with Crippen LogP contribution in [0.2, 0.25) is 0 Å². The van der Waals surface area contributed by atoms with E-state index in [0.717, 1.165) is 5.75 Å². The van der Waals surface area contributed by atoms with Crippen molar-refractivity contribution in [2.24, 2.45) is 4.99 Å². The van der Waals surface area contributed by atoms with Crippen molar-refractivity contribution < 1.29 is 14.6 Å². The lowest BCUT2D eigenvalue weighted by Crippen LogP contribution is -2.20. The number of fused-ring (bicyclic) bond motifs is 1. The number of benzene rings is 3. The van der Waals surface area contributed by atoms with Gasteiger partial charge in [-0.15, -0.1) is 0 Å². The molecular weight excluding hydrogens is 392 g/mol. The number of pyridine rings is 1. The Morgan fingerprint density at radius 2 is 1.58 bits per heavy atom. The summed E-state index contributed by atoms with van der Waals surface area (Å²) in [5, 5.41) is 12.2. The molecule has 0 bridgehead atoms. The summed E-state index contributed by atoms with van der Waals surface area (Å²) in [6, 6.07) is 21.4. The fraction of sp³-hybridized carbons (Fsp3) is 0.120. The van der Waals surface area contributed by atoms with Gasteiger partial charge in [-0.1, -0.05) is 18.2 Å². The van der Waals surface area contributed by atoms with Gasteiger partial charge in [0.15, 0.2) is 0 Å². The molecule has 4 aromatic rings. The molecule has 31 heavy (non-hydrogen) atoms. The number of nitrogens with zero attached hydrogens (tertiary/aromatic N) is 2. The first-order valence-corrected chi connectivity index (χ1v) is 9.90. The van der Waals surface area contributed by atoms with Crippen LogP contribution in [0.5, 0.6) is 17.4 Å². The minimum Gasteiger partial charge on any atom is -0.497 e. The molecule has 0 aliphatic heterocycles. The molecule has 0 spiro atoms. The van der Waals surface area contributed by atoms with Crippen molar-refractivity contribution in [2.75, 3.05) is 13.7 Å². The first-order valence-electron chi connectivity index (χ1n) is 9.90. The highest BCUT2D eigenvalue weighted by atomic mass is 16.5. The summed E-state index contributed by atoms with van der Waals surface area (Å²) in [6.07, 6.45) is 1.57. The molecule has 0 radical (unpaired) electrons. The van der Waals surface area contributed by atoms with Crippen LogP contribution in [0.3, 0.4) is 0 Å². The fourth-order valence-electron chi connectivity index (χ4n) is 3.39. The maximum atomic E-state index is 13.2. The molecule has 0 saturated carbocycles. The number of hydrogen-bond donors (Lipinski definition) is 1. The van der Waals surface area contributed by atoms with Crippen LogP contribution < -0.4 is 15.0 Å². The SMILES string of the molecule is CCOc1ccc(-n2c(O)c(C=Nc3ccc(OC)cc3)c3ccccc3c2=O)cc1. The molecule has 4 rings (SSSR count). The van der Waals surface area contributed by atoms with Crippen molar-refractivity contribution >= 4 is 22.7 Å². The molecule has 0 aliphatic carbocycles. The third-order valence-electron chi connectivity index (χ3n) is 4.92. The maximum Gasteiger partial charge on any atom is 0.265 e. The zero-order valence-electron chi connectivity index (χ0n) is 17.3. The summed E-state index contributed by atoms with van der Waals surface area (Å²) in [6.45, 7) is 2.45. The highest BCUT2D eigenvalue weighted by Gasteiger charge is 2.16. The molecule has 156 valence electrons. The Hall–Kier alpha value is -4.06. The van der Waals surface area contributed by atoms with Gasteiger partial charge in [-0.3, -0.25) is 9.79 Å². The second kappa shape index (κ2) is 8.75. The lowest BCUT2D eigenvalue weighted by Gasteiger charge is -2.14. The molecule has 0 amide bonds. The van der Waals surface area contributed by atoms with Crippen molar-refractivity contribution in [3.05, 3.63) is 88.7 Å². The zero-order chi connectivity index (χ0) is 21.8. The highest BCUT2D eigenvalue weighted by molar-refractivity contribution is 6.02. The summed E-state index contributed by atoms with van der Waals surface area (Å²) in [4.78, 5) is 17.7. The number of rotatable bonds is 6. The van der Waals surface area contributed by atoms with Crippen LogP contribution in [-0.4, -0.2) is 29.6 Å². The highest BCUT2D eigenvalue weighted by Crippen LogP contribution is 2.27. The minimum atomic E-state index is -0.307. The summed E-state index contributed by atoms with van der Waals surface area (Å²) in [5.74, 6) is 1.25. The van der Waals surface area contributed by atoms with E-state index in [1.807, 2.05) is 37.3 Å². The lowest BCUT2D eigenvalue weighted by atomic mass is 10.1. The second-order valence-electron chi connectivity index (χ2n) is 6.81. The van der Waals surface area contributed by atoms with Crippen LogP contribution in [0.25, 0.3) is 16.5 Å². The molecule has 0 unspecified atom stereocenters. The summed E-state index contributed by atoms with van der Waals surface area (Å²) in [5.41, 5.74) is 1.39. The van der Waals surface area contributed by atoms with Gasteiger partial charge < -0.3 is 14.6 Å². The van der Waals surface area contributed by atoms with Gasteiger partial charge in [0.2, 0.25) is 5.88 Å². The molecule has 0 aliphatic rings. The predicted molar refractivity (Wildman–Crippen MR) is 123 cm³/mol. The van der Waals surface area contributed by atoms with Gasteiger partial charge >= 0.3 is 0 Å². The number of methoxy groups -OCH3 is 1. The third kappa shape index (κ3) is 4.00. The lowest BCUT2D eigenvalue weighted by molar-refractivity contribution is 0.340. The topological polar surface area (TPSA) is 73.1 Å². The summed E-state index contributed by atoms with van der Waals surface area (Å²) >= 11 is 0. The number of aromatic hydroxyl groups is 1. The third-order valence-corrected chi connectivity index (χ3v) is 4.92. The fourth-order valence-corrected chi connectivity index (χ4v) is 3.39. The van der Waals surface area contributed by atoms with E-state index in [0.29, 0.717) is 40.1 Å². The molecule has 1 aromatic heterocycles. The molecular formula is C25H22N2O4. The quantitative estimate of drug-likeness (QED) is 0.458. The van der Waals surface area contributed by atoms with E-state index < -0.39 is 0 Å². The first kappa shape index (κ1) is 20.2.